The number of hydrogen-bond acceptors (Lipinski definition) is 4. The number of thioether (sulfide) groups is 1. The zero-order valence-corrected chi connectivity index (χ0v) is 19.1. The Labute approximate surface area is 184 Å². The molecule has 1 heterocycles. The Morgan fingerprint density at radius 2 is 1.68 bits per heavy atom. The van der Waals surface area contributed by atoms with Gasteiger partial charge in [0.15, 0.2) is 0 Å². The molecule has 0 aromatic heterocycles. The van der Waals surface area contributed by atoms with E-state index < -0.39 is 5.97 Å². The van der Waals surface area contributed by atoms with Crippen LogP contribution in [0.15, 0.2) is 33.6 Å². The highest BCUT2D eigenvalue weighted by Gasteiger charge is 2.31. The fraction of sp³-hybridized carbons (Fsp3) is 0.476. The molecule has 1 saturated heterocycles. The number of carboxylic acid groups (broad SMARTS) is 1. The highest BCUT2D eigenvalue weighted by molar-refractivity contribution is 9.10. The summed E-state index contributed by atoms with van der Waals surface area (Å²) in [6.45, 7) is 0.677. The number of unbranched alkanes of at least 4 members (excludes halogenated alkanes) is 7. The molecule has 1 aliphatic heterocycles. The minimum Gasteiger partial charge on any atom is -0.481 e. The average Bonchev–Trinajstić information content (AvgIpc) is 2.92. The second-order valence-corrected chi connectivity index (χ2v) is 9.36. The summed E-state index contributed by atoms with van der Waals surface area (Å²) in [5.74, 6) is -0.703. The molecule has 1 amide bonds. The van der Waals surface area contributed by atoms with Crippen molar-refractivity contribution in [2.45, 2.75) is 57.8 Å². The number of rotatable bonds is 12. The smallest absolute Gasteiger partial charge is 0.303 e. The molecule has 0 unspecified atom stereocenters. The quantitative estimate of drug-likeness (QED) is 0.216. The maximum absolute atomic E-state index is 12.6. The molecule has 7 heteroatoms. The van der Waals surface area contributed by atoms with Crippen molar-refractivity contribution >= 4 is 62.2 Å². The van der Waals surface area contributed by atoms with Crippen LogP contribution in [-0.2, 0) is 9.59 Å². The van der Waals surface area contributed by atoms with Gasteiger partial charge in [-0.1, -0.05) is 96.6 Å². The summed E-state index contributed by atoms with van der Waals surface area (Å²) in [6, 6.07) is 7.82. The fourth-order valence-electron chi connectivity index (χ4n) is 3.03. The number of benzene rings is 1. The summed E-state index contributed by atoms with van der Waals surface area (Å²) < 4.78 is 1.60. The first-order valence-corrected chi connectivity index (χ1v) is 11.7. The van der Waals surface area contributed by atoms with Gasteiger partial charge in [0.05, 0.1) is 4.91 Å². The van der Waals surface area contributed by atoms with Gasteiger partial charge in [0.25, 0.3) is 5.91 Å². The number of carboxylic acids is 1. The van der Waals surface area contributed by atoms with E-state index in [1.807, 2.05) is 30.3 Å². The van der Waals surface area contributed by atoms with Crippen LogP contribution in [0.2, 0.25) is 0 Å². The van der Waals surface area contributed by atoms with Gasteiger partial charge in [-0.15, -0.1) is 0 Å². The predicted octanol–water partition coefficient (Wildman–Crippen LogP) is 6.25. The molecule has 1 aromatic carbocycles. The molecule has 152 valence electrons. The first-order valence-electron chi connectivity index (χ1n) is 9.70. The Hall–Kier alpha value is -1.18. The van der Waals surface area contributed by atoms with Crippen molar-refractivity contribution < 1.29 is 14.7 Å². The Balaban J connectivity index is 1.65. The van der Waals surface area contributed by atoms with Gasteiger partial charge in [0.1, 0.15) is 4.32 Å². The van der Waals surface area contributed by atoms with Crippen LogP contribution >= 0.6 is 39.9 Å². The molecule has 0 aliphatic carbocycles. The Morgan fingerprint density at radius 3 is 2.32 bits per heavy atom. The standard InChI is InChI=1S/C21H26BrNO3S2/c22-17-12-9-8-11-16(17)15-18-20(26)23(21(27)28-18)14-10-6-4-2-1-3-5-7-13-19(24)25/h8-9,11-12,15H,1-7,10,13-14H2,(H,24,25). The summed E-state index contributed by atoms with van der Waals surface area (Å²) in [7, 11) is 0. The van der Waals surface area contributed by atoms with E-state index in [1.165, 1.54) is 11.8 Å². The summed E-state index contributed by atoms with van der Waals surface area (Å²) in [6.07, 6.45) is 10.5. The van der Waals surface area contributed by atoms with E-state index in [0.29, 0.717) is 15.8 Å². The van der Waals surface area contributed by atoms with Crippen LogP contribution in [0.25, 0.3) is 6.08 Å². The second kappa shape index (κ2) is 12.4. The zero-order chi connectivity index (χ0) is 20.4. The maximum atomic E-state index is 12.6. The molecule has 1 fully saturated rings. The Kier molecular flexibility index (Phi) is 10.2. The average molecular weight is 484 g/mol. The monoisotopic (exact) mass is 483 g/mol. The van der Waals surface area contributed by atoms with Crippen molar-refractivity contribution in [3.8, 4) is 0 Å². The van der Waals surface area contributed by atoms with Crippen molar-refractivity contribution in [1.29, 1.82) is 0 Å². The van der Waals surface area contributed by atoms with E-state index in [1.54, 1.807) is 4.90 Å². The molecule has 0 spiro atoms. The van der Waals surface area contributed by atoms with Gasteiger partial charge in [-0.2, -0.15) is 0 Å². The predicted molar refractivity (Wildman–Crippen MR) is 123 cm³/mol. The van der Waals surface area contributed by atoms with E-state index in [9.17, 15) is 9.59 Å². The maximum Gasteiger partial charge on any atom is 0.303 e. The number of carbonyl (C=O) groups excluding carboxylic acids is 1. The third-order valence-corrected chi connectivity index (χ3v) is 6.69. The molecule has 0 atom stereocenters. The molecular weight excluding hydrogens is 458 g/mol. The van der Waals surface area contributed by atoms with Gasteiger partial charge in [-0.05, 0) is 30.5 Å². The number of hydrogen-bond donors (Lipinski definition) is 1. The number of amides is 1. The Morgan fingerprint density at radius 1 is 1.07 bits per heavy atom. The molecule has 0 radical (unpaired) electrons. The highest BCUT2D eigenvalue weighted by atomic mass is 79.9. The minimum atomic E-state index is -0.707. The van der Waals surface area contributed by atoms with Crippen molar-refractivity contribution in [1.82, 2.24) is 4.90 Å². The second-order valence-electron chi connectivity index (χ2n) is 6.83. The summed E-state index contributed by atoms with van der Waals surface area (Å²) in [5.41, 5.74) is 0.978. The summed E-state index contributed by atoms with van der Waals surface area (Å²) >= 11 is 10.3. The SMILES string of the molecule is O=C(O)CCCCCCCCCCN1C(=O)C(=Cc2ccccc2Br)SC1=S. The molecule has 0 saturated carbocycles. The van der Waals surface area contributed by atoms with Gasteiger partial charge in [-0.3, -0.25) is 14.5 Å². The van der Waals surface area contributed by atoms with Gasteiger partial charge in [0.2, 0.25) is 0 Å². The lowest BCUT2D eigenvalue weighted by Gasteiger charge is -2.14. The topological polar surface area (TPSA) is 57.6 Å². The van der Waals surface area contributed by atoms with E-state index in [4.69, 9.17) is 17.3 Å². The van der Waals surface area contributed by atoms with Crippen LogP contribution in [0, 0.1) is 0 Å². The van der Waals surface area contributed by atoms with E-state index >= 15 is 0 Å². The molecule has 4 nitrogen and oxygen atoms in total. The Bertz CT molecular complexity index is 736. The lowest BCUT2D eigenvalue weighted by Crippen LogP contribution is -2.29. The van der Waals surface area contributed by atoms with Gasteiger partial charge in [-0.25, -0.2) is 0 Å². The first-order chi connectivity index (χ1) is 13.5. The first kappa shape index (κ1) is 23.1. The van der Waals surface area contributed by atoms with E-state index in [-0.39, 0.29) is 12.3 Å². The van der Waals surface area contributed by atoms with Crippen LogP contribution in [0.5, 0.6) is 0 Å². The fourth-order valence-corrected chi connectivity index (χ4v) is 4.73. The largest absolute Gasteiger partial charge is 0.481 e. The zero-order valence-electron chi connectivity index (χ0n) is 15.9. The van der Waals surface area contributed by atoms with Crippen LogP contribution in [0.1, 0.15) is 63.4 Å². The van der Waals surface area contributed by atoms with Crippen molar-refractivity contribution in [3.63, 3.8) is 0 Å². The molecule has 1 aromatic rings. The lowest BCUT2D eigenvalue weighted by atomic mass is 10.1. The normalized spacial score (nSPS) is 15.6. The minimum absolute atomic E-state index is 0.00387. The lowest BCUT2D eigenvalue weighted by molar-refractivity contribution is -0.137. The summed E-state index contributed by atoms with van der Waals surface area (Å²) in [5, 5.41) is 8.60. The molecule has 0 bridgehead atoms. The van der Waals surface area contributed by atoms with Crippen LogP contribution in [0.4, 0.5) is 0 Å². The van der Waals surface area contributed by atoms with Crippen LogP contribution in [-0.4, -0.2) is 32.7 Å². The molecule has 2 rings (SSSR count). The highest BCUT2D eigenvalue weighted by Crippen LogP contribution is 2.34. The number of nitrogens with zero attached hydrogens (tertiary/aromatic N) is 1. The van der Waals surface area contributed by atoms with Gasteiger partial charge < -0.3 is 5.11 Å². The van der Waals surface area contributed by atoms with Crippen LogP contribution < -0.4 is 0 Å². The number of aliphatic carboxylic acids is 1. The molecule has 28 heavy (non-hydrogen) atoms. The molecule has 1 N–H and O–H groups in total. The molecular formula is C21H26BrNO3S2. The third kappa shape index (κ3) is 7.68. The summed E-state index contributed by atoms with van der Waals surface area (Å²) in [4.78, 5) is 25.5. The van der Waals surface area contributed by atoms with Crippen LogP contribution in [0.3, 0.4) is 0 Å². The van der Waals surface area contributed by atoms with E-state index in [0.717, 1.165) is 61.4 Å². The number of carbonyl (C=O) groups is 2. The van der Waals surface area contributed by atoms with Gasteiger partial charge in [0, 0.05) is 17.4 Å². The third-order valence-electron chi connectivity index (χ3n) is 4.59. The number of halogens is 1. The van der Waals surface area contributed by atoms with Crippen molar-refractivity contribution in [2.75, 3.05) is 6.54 Å². The van der Waals surface area contributed by atoms with Crippen molar-refractivity contribution in [2.24, 2.45) is 0 Å². The van der Waals surface area contributed by atoms with Gasteiger partial charge >= 0.3 is 5.97 Å². The molecule has 1 aliphatic rings. The number of thiocarbonyl (C=S) groups is 1. The van der Waals surface area contributed by atoms with Crippen molar-refractivity contribution in [3.05, 3.63) is 39.2 Å². The van der Waals surface area contributed by atoms with E-state index in [2.05, 4.69) is 15.9 Å².